The topological polar surface area (TPSA) is 84.2 Å². The molecule has 29 heavy (non-hydrogen) atoms. The number of rotatable bonds is 5. The van der Waals surface area contributed by atoms with Crippen LogP contribution in [0.5, 0.6) is 0 Å². The highest BCUT2D eigenvalue weighted by atomic mass is 35.5. The van der Waals surface area contributed by atoms with Crippen LogP contribution in [-0.2, 0) is 11.2 Å². The number of fused-ring (bicyclic) bond motifs is 1. The van der Waals surface area contributed by atoms with Gasteiger partial charge in [-0.05, 0) is 44.7 Å². The van der Waals surface area contributed by atoms with Crippen molar-refractivity contribution in [3.63, 3.8) is 0 Å². The number of carbonyl (C=O) groups excluding carboxylic acids is 1. The Morgan fingerprint density at radius 1 is 1.31 bits per heavy atom. The molecule has 1 aromatic carbocycles. The van der Waals surface area contributed by atoms with E-state index in [0.29, 0.717) is 31.0 Å². The van der Waals surface area contributed by atoms with E-state index < -0.39 is 0 Å². The van der Waals surface area contributed by atoms with Gasteiger partial charge in [-0.2, -0.15) is 4.98 Å². The van der Waals surface area contributed by atoms with E-state index in [1.807, 2.05) is 38.1 Å². The molecule has 0 spiro atoms. The zero-order chi connectivity index (χ0) is 20.4. The fourth-order valence-electron chi connectivity index (χ4n) is 3.85. The summed E-state index contributed by atoms with van der Waals surface area (Å²) in [6.45, 7) is 5.76. The second-order valence-electron chi connectivity index (χ2n) is 7.46. The summed E-state index contributed by atoms with van der Waals surface area (Å²) in [6, 6.07) is 7.72. The van der Waals surface area contributed by atoms with Crippen LogP contribution in [0.3, 0.4) is 0 Å². The smallest absolute Gasteiger partial charge is 0.263 e. The number of hydrogen-bond acceptors (Lipinski definition) is 6. The second-order valence-corrected chi connectivity index (χ2v) is 7.87. The highest BCUT2D eigenvalue weighted by Crippen LogP contribution is 2.30. The highest BCUT2D eigenvalue weighted by Gasteiger charge is 2.28. The van der Waals surface area contributed by atoms with Gasteiger partial charge in [0.05, 0.1) is 11.6 Å². The quantitative estimate of drug-likeness (QED) is 0.689. The SMILES string of the molecule is Cc1nc(N2CCCC(C(=O)NCCc3ccccc3Cl)C2)c2c(C)noc2n1. The number of hydrogen-bond donors (Lipinski definition) is 1. The van der Waals surface area contributed by atoms with Gasteiger partial charge < -0.3 is 14.7 Å². The fraction of sp³-hybridized carbons (Fsp3) is 0.429. The van der Waals surface area contributed by atoms with Crippen molar-refractivity contribution in [1.82, 2.24) is 20.4 Å². The van der Waals surface area contributed by atoms with Gasteiger partial charge in [-0.25, -0.2) is 4.98 Å². The number of nitrogens with one attached hydrogen (secondary N) is 1. The molecule has 2 aromatic heterocycles. The summed E-state index contributed by atoms with van der Waals surface area (Å²) in [7, 11) is 0. The number of aryl methyl sites for hydroxylation is 2. The first-order valence-corrected chi connectivity index (χ1v) is 10.3. The number of nitrogens with zero attached hydrogens (tertiary/aromatic N) is 4. The van der Waals surface area contributed by atoms with Crippen LogP contribution in [-0.4, -0.2) is 40.7 Å². The third-order valence-electron chi connectivity index (χ3n) is 5.34. The molecule has 1 aliphatic rings. The lowest BCUT2D eigenvalue weighted by molar-refractivity contribution is -0.125. The van der Waals surface area contributed by atoms with Crippen LogP contribution < -0.4 is 10.2 Å². The molecule has 1 atom stereocenters. The first-order valence-electron chi connectivity index (χ1n) is 9.89. The summed E-state index contributed by atoms with van der Waals surface area (Å²) in [6.07, 6.45) is 2.51. The Hall–Kier alpha value is -2.67. The molecule has 3 aromatic rings. The lowest BCUT2D eigenvalue weighted by Gasteiger charge is -2.33. The summed E-state index contributed by atoms with van der Waals surface area (Å²) in [5.74, 6) is 1.43. The molecule has 0 radical (unpaired) electrons. The van der Waals surface area contributed by atoms with Crippen molar-refractivity contribution in [3.8, 4) is 0 Å². The number of aromatic nitrogens is 3. The predicted octanol–water partition coefficient (Wildman–Crippen LogP) is 3.46. The van der Waals surface area contributed by atoms with Crippen LogP contribution in [0.25, 0.3) is 11.1 Å². The first-order chi connectivity index (χ1) is 14.0. The number of benzene rings is 1. The third kappa shape index (κ3) is 4.19. The molecule has 152 valence electrons. The molecule has 1 N–H and O–H groups in total. The van der Waals surface area contributed by atoms with Crippen molar-refractivity contribution in [2.45, 2.75) is 33.1 Å². The van der Waals surface area contributed by atoms with Gasteiger partial charge in [0.2, 0.25) is 5.91 Å². The van der Waals surface area contributed by atoms with E-state index in [4.69, 9.17) is 16.1 Å². The molecule has 1 unspecified atom stereocenters. The number of halogens is 1. The van der Waals surface area contributed by atoms with Gasteiger partial charge in [0.25, 0.3) is 5.71 Å². The van der Waals surface area contributed by atoms with E-state index in [1.165, 1.54) is 0 Å². The Morgan fingerprint density at radius 2 is 2.14 bits per heavy atom. The van der Waals surface area contributed by atoms with Crippen LogP contribution in [0.2, 0.25) is 5.02 Å². The maximum Gasteiger partial charge on any atom is 0.263 e. The van der Waals surface area contributed by atoms with Crippen molar-refractivity contribution in [3.05, 3.63) is 46.4 Å². The molecular formula is C21H24ClN5O2. The van der Waals surface area contributed by atoms with Gasteiger partial charge in [-0.1, -0.05) is 35.0 Å². The Balaban J connectivity index is 1.43. The summed E-state index contributed by atoms with van der Waals surface area (Å²) in [5, 5.41) is 8.66. The molecule has 1 saturated heterocycles. The predicted molar refractivity (Wildman–Crippen MR) is 112 cm³/mol. The van der Waals surface area contributed by atoms with Gasteiger partial charge in [-0.15, -0.1) is 0 Å². The zero-order valence-electron chi connectivity index (χ0n) is 16.6. The van der Waals surface area contributed by atoms with E-state index in [1.54, 1.807) is 0 Å². The van der Waals surface area contributed by atoms with Crippen molar-refractivity contribution in [2.24, 2.45) is 5.92 Å². The molecule has 8 heteroatoms. The van der Waals surface area contributed by atoms with E-state index in [-0.39, 0.29) is 11.8 Å². The summed E-state index contributed by atoms with van der Waals surface area (Å²) in [4.78, 5) is 23.9. The molecule has 1 amide bonds. The molecule has 1 aliphatic heterocycles. The number of piperidine rings is 1. The molecule has 0 bridgehead atoms. The maximum atomic E-state index is 12.8. The van der Waals surface area contributed by atoms with Crippen LogP contribution in [0.15, 0.2) is 28.8 Å². The van der Waals surface area contributed by atoms with Gasteiger partial charge >= 0.3 is 0 Å². The maximum absolute atomic E-state index is 12.8. The number of amides is 1. The van der Waals surface area contributed by atoms with Crippen LogP contribution >= 0.6 is 11.6 Å². The molecule has 3 heterocycles. The second kappa shape index (κ2) is 8.37. The molecule has 0 saturated carbocycles. The fourth-order valence-corrected chi connectivity index (χ4v) is 4.08. The molecule has 4 rings (SSSR count). The standard InChI is InChI=1S/C21H24ClN5O2/c1-13-18-19(24-14(2)25-21(18)29-26-13)27-11-5-7-16(12-27)20(28)23-10-9-15-6-3-4-8-17(15)22/h3-4,6,8,16H,5,7,9-12H2,1-2H3,(H,23,28). The Bertz CT molecular complexity index is 1040. The van der Waals surface area contributed by atoms with Crippen LogP contribution in [0, 0.1) is 19.8 Å². The van der Waals surface area contributed by atoms with E-state index in [9.17, 15) is 4.79 Å². The number of carbonyl (C=O) groups is 1. The highest BCUT2D eigenvalue weighted by molar-refractivity contribution is 6.31. The van der Waals surface area contributed by atoms with Crippen molar-refractivity contribution in [1.29, 1.82) is 0 Å². The lowest BCUT2D eigenvalue weighted by Crippen LogP contribution is -2.44. The minimum absolute atomic E-state index is 0.0748. The molecule has 1 fully saturated rings. The van der Waals surface area contributed by atoms with Crippen LogP contribution in [0.4, 0.5) is 5.82 Å². The van der Waals surface area contributed by atoms with Gasteiger partial charge in [0.15, 0.2) is 0 Å². The average molecular weight is 414 g/mol. The first kappa shape index (κ1) is 19.6. The molecule has 7 nitrogen and oxygen atoms in total. The van der Waals surface area contributed by atoms with Gasteiger partial charge in [-0.3, -0.25) is 4.79 Å². The Labute approximate surface area is 174 Å². The zero-order valence-corrected chi connectivity index (χ0v) is 17.4. The Kier molecular flexibility index (Phi) is 5.67. The van der Waals surface area contributed by atoms with Gasteiger partial charge in [0.1, 0.15) is 17.0 Å². The number of anilines is 1. The minimum Gasteiger partial charge on any atom is -0.355 e. The summed E-state index contributed by atoms with van der Waals surface area (Å²) < 4.78 is 5.32. The van der Waals surface area contributed by atoms with Gasteiger partial charge in [0, 0.05) is 24.7 Å². The van der Waals surface area contributed by atoms with E-state index in [2.05, 4.69) is 25.3 Å². The normalized spacial score (nSPS) is 16.9. The van der Waals surface area contributed by atoms with E-state index >= 15 is 0 Å². The third-order valence-corrected chi connectivity index (χ3v) is 5.71. The monoisotopic (exact) mass is 413 g/mol. The van der Waals surface area contributed by atoms with Crippen molar-refractivity contribution >= 4 is 34.4 Å². The summed E-state index contributed by atoms with van der Waals surface area (Å²) >= 11 is 6.19. The van der Waals surface area contributed by atoms with Crippen LogP contribution in [0.1, 0.15) is 29.9 Å². The largest absolute Gasteiger partial charge is 0.355 e. The summed E-state index contributed by atoms with van der Waals surface area (Å²) in [5.41, 5.74) is 2.30. The average Bonchev–Trinajstić information content (AvgIpc) is 3.09. The molecule has 0 aliphatic carbocycles. The van der Waals surface area contributed by atoms with Crippen molar-refractivity contribution in [2.75, 3.05) is 24.5 Å². The van der Waals surface area contributed by atoms with Crippen molar-refractivity contribution < 1.29 is 9.32 Å². The van der Waals surface area contributed by atoms with E-state index in [0.717, 1.165) is 46.9 Å². The molecular weight excluding hydrogens is 390 g/mol. The Morgan fingerprint density at radius 3 is 2.97 bits per heavy atom. The minimum atomic E-state index is -0.0829. The lowest BCUT2D eigenvalue weighted by atomic mass is 9.96.